The van der Waals surface area contributed by atoms with Crippen molar-refractivity contribution in [1.82, 2.24) is 0 Å². The van der Waals surface area contributed by atoms with Gasteiger partial charge in [0.2, 0.25) is 5.83 Å². The van der Waals surface area contributed by atoms with E-state index in [1.54, 1.807) is 6.92 Å². The number of rotatable bonds is 7. The predicted octanol–water partition coefficient (Wildman–Crippen LogP) is 2.82. The Bertz CT molecular complexity index is 496. The maximum atomic E-state index is 13.7. The molecule has 0 unspecified atom stereocenters. The molecule has 0 fully saturated rings. The van der Waals surface area contributed by atoms with Crippen LogP contribution < -0.4 is 0 Å². The van der Waals surface area contributed by atoms with E-state index in [1.807, 2.05) is 30.3 Å². The Kier molecular flexibility index (Phi) is 7.15. The standard InChI is InChI=1S/C16H19FO4/c1-3-20-16(19)15(17)10-14(11-21-12(2)18)9-13-7-5-4-6-8-13/h4-8,10,14H,3,9,11H2,1-2H3/b15-10-/t14-/m0/s1. The molecular weight excluding hydrogens is 275 g/mol. The number of carbonyl (C=O) groups excluding carboxylic acids is 2. The van der Waals surface area contributed by atoms with Gasteiger partial charge in [0, 0.05) is 12.8 Å². The molecule has 0 bridgehead atoms. The van der Waals surface area contributed by atoms with E-state index in [2.05, 4.69) is 4.74 Å². The van der Waals surface area contributed by atoms with Crippen LogP contribution in [-0.2, 0) is 25.5 Å². The van der Waals surface area contributed by atoms with Gasteiger partial charge in [-0.05, 0) is 25.0 Å². The molecule has 5 heteroatoms. The number of benzene rings is 1. The molecule has 21 heavy (non-hydrogen) atoms. The Labute approximate surface area is 123 Å². The van der Waals surface area contributed by atoms with Crippen LogP contribution in [0.15, 0.2) is 42.2 Å². The summed E-state index contributed by atoms with van der Waals surface area (Å²) in [4.78, 5) is 22.2. The van der Waals surface area contributed by atoms with E-state index in [-0.39, 0.29) is 13.2 Å². The average Bonchev–Trinajstić information content (AvgIpc) is 2.46. The van der Waals surface area contributed by atoms with Crippen LogP contribution in [0.4, 0.5) is 4.39 Å². The van der Waals surface area contributed by atoms with Crippen LogP contribution >= 0.6 is 0 Å². The van der Waals surface area contributed by atoms with Crippen molar-refractivity contribution >= 4 is 11.9 Å². The van der Waals surface area contributed by atoms with E-state index in [0.717, 1.165) is 11.6 Å². The smallest absolute Gasteiger partial charge is 0.366 e. The zero-order valence-electron chi connectivity index (χ0n) is 12.2. The topological polar surface area (TPSA) is 52.6 Å². The molecule has 0 saturated heterocycles. The second kappa shape index (κ2) is 8.89. The van der Waals surface area contributed by atoms with E-state index in [4.69, 9.17) is 4.74 Å². The minimum atomic E-state index is -1.00. The minimum absolute atomic E-state index is 0.0110. The molecule has 0 aliphatic carbocycles. The maximum absolute atomic E-state index is 13.7. The molecule has 0 amide bonds. The fraction of sp³-hybridized carbons (Fsp3) is 0.375. The molecule has 1 aromatic carbocycles. The Morgan fingerprint density at radius 1 is 1.24 bits per heavy atom. The first-order valence-corrected chi connectivity index (χ1v) is 6.74. The molecule has 0 aliphatic rings. The van der Waals surface area contributed by atoms with Crippen LogP contribution in [0.3, 0.4) is 0 Å². The molecule has 0 radical (unpaired) electrons. The lowest BCUT2D eigenvalue weighted by Gasteiger charge is -2.13. The second-order valence-corrected chi connectivity index (χ2v) is 4.49. The third kappa shape index (κ3) is 6.70. The summed E-state index contributed by atoms with van der Waals surface area (Å²) in [5, 5.41) is 0. The van der Waals surface area contributed by atoms with Gasteiger partial charge in [0.25, 0.3) is 0 Å². The number of hydrogen-bond donors (Lipinski definition) is 0. The summed E-state index contributed by atoms with van der Waals surface area (Å²) in [6.45, 7) is 3.00. The third-order valence-electron chi connectivity index (χ3n) is 2.69. The van der Waals surface area contributed by atoms with Gasteiger partial charge in [0.05, 0.1) is 13.2 Å². The average molecular weight is 294 g/mol. The van der Waals surface area contributed by atoms with E-state index in [9.17, 15) is 14.0 Å². The first kappa shape index (κ1) is 16.9. The summed E-state index contributed by atoms with van der Waals surface area (Å²) in [7, 11) is 0. The zero-order valence-corrected chi connectivity index (χ0v) is 12.2. The Morgan fingerprint density at radius 3 is 2.48 bits per heavy atom. The van der Waals surface area contributed by atoms with Gasteiger partial charge in [-0.1, -0.05) is 30.3 Å². The van der Waals surface area contributed by atoms with Crippen LogP contribution in [0, 0.1) is 5.92 Å². The summed E-state index contributed by atoms with van der Waals surface area (Å²) in [6, 6.07) is 9.38. The zero-order chi connectivity index (χ0) is 15.7. The van der Waals surface area contributed by atoms with Gasteiger partial charge in [-0.15, -0.1) is 0 Å². The highest BCUT2D eigenvalue weighted by Crippen LogP contribution is 2.14. The highest BCUT2D eigenvalue weighted by molar-refractivity contribution is 5.85. The summed E-state index contributed by atoms with van der Waals surface area (Å²) >= 11 is 0. The van der Waals surface area contributed by atoms with Crippen LogP contribution in [0.1, 0.15) is 19.4 Å². The Morgan fingerprint density at radius 2 is 1.90 bits per heavy atom. The number of esters is 2. The van der Waals surface area contributed by atoms with Gasteiger partial charge in [-0.2, -0.15) is 4.39 Å². The van der Waals surface area contributed by atoms with E-state index < -0.39 is 23.7 Å². The maximum Gasteiger partial charge on any atom is 0.366 e. The lowest BCUT2D eigenvalue weighted by molar-refractivity contribution is -0.141. The molecule has 1 atom stereocenters. The van der Waals surface area contributed by atoms with Gasteiger partial charge >= 0.3 is 11.9 Å². The Balaban J connectivity index is 2.78. The fourth-order valence-electron chi connectivity index (χ4n) is 1.78. The van der Waals surface area contributed by atoms with Crippen molar-refractivity contribution in [3.63, 3.8) is 0 Å². The summed E-state index contributed by atoms with van der Waals surface area (Å²) in [5.41, 5.74) is 0.961. The lowest BCUT2D eigenvalue weighted by Crippen LogP contribution is -2.15. The largest absolute Gasteiger partial charge is 0.465 e. The molecule has 4 nitrogen and oxygen atoms in total. The molecule has 0 saturated carbocycles. The number of carbonyl (C=O) groups is 2. The van der Waals surface area contributed by atoms with Crippen LogP contribution in [-0.4, -0.2) is 25.2 Å². The molecule has 0 heterocycles. The normalized spacial score (nSPS) is 12.6. The van der Waals surface area contributed by atoms with Crippen molar-refractivity contribution in [2.45, 2.75) is 20.3 Å². The lowest BCUT2D eigenvalue weighted by atomic mass is 9.99. The van der Waals surface area contributed by atoms with Crippen LogP contribution in [0.2, 0.25) is 0 Å². The molecule has 0 aliphatic heterocycles. The van der Waals surface area contributed by atoms with E-state index >= 15 is 0 Å². The first-order valence-electron chi connectivity index (χ1n) is 6.74. The Hall–Kier alpha value is -2.17. The van der Waals surface area contributed by atoms with Crippen molar-refractivity contribution < 1.29 is 23.5 Å². The highest BCUT2D eigenvalue weighted by atomic mass is 19.1. The van der Waals surface area contributed by atoms with Gasteiger partial charge in [-0.3, -0.25) is 4.79 Å². The monoisotopic (exact) mass is 294 g/mol. The van der Waals surface area contributed by atoms with Gasteiger partial charge in [-0.25, -0.2) is 4.79 Å². The van der Waals surface area contributed by atoms with Crippen molar-refractivity contribution in [3.8, 4) is 0 Å². The number of hydrogen-bond acceptors (Lipinski definition) is 4. The highest BCUT2D eigenvalue weighted by Gasteiger charge is 2.15. The summed E-state index contributed by atoms with van der Waals surface area (Å²) in [6.07, 6.45) is 1.61. The minimum Gasteiger partial charge on any atom is -0.465 e. The predicted molar refractivity (Wildman–Crippen MR) is 76.1 cm³/mol. The third-order valence-corrected chi connectivity index (χ3v) is 2.69. The van der Waals surface area contributed by atoms with Crippen molar-refractivity contribution in [2.24, 2.45) is 5.92 Å². The second-order valence-electron chi connectivity index (χ2n) is 4.49. The SMILES string of the molecule is CCOC(=O)/C(F)=C/[C@@H](COC(C)=O)Cc1ccccc1. The van der Waals surface area contributed by atoms with E-state index in [1.165, 1.54) is 6.92 Å². The van der Waals surface area contributed by atoms with E-state index in [0.29, 0.717) is 6.42 Å². The molecule has 0 spiro atoms. The van der Waals surface area contributed by atoms with Crippen molar-refractivity contribution in [2.75, 3.05) is 13.2 Å². The van der Waals surface area contributed by atoms with Gasteiger partial charge in [0.1, 0.15) is 0 Å². The fourth-order valence-corrected chi connectivity index (χ4v) is 1.78. The molecule has 0 aromatic heterocycles. The number of ether oxygens (including phenoxy) is 2. The molecular formula is C16H19FO4. The quantitative estimate of drug-likeness (QED) is 0.573. The van der Waals surface area contributed by atoms with Crippen LogP contribution in [0.5, 0.6) is 0 Å². The number of halogens is 1. The van der Waals surface area contributed by atoms with Crippen molar-refractivity contribution in [1.29, 1.82) is 0 Å². The van der Waals surface area contributed by atoms with Gasteiger partial charge < -0.3 is 9.47 Å². The van der Waals surface area contributed by atoms with Crippen molar-refractivity contribution in [3.05, 3.63) is 47.8 Å². The molecule has 1 rings (SSSR count). The molecule has 1 aromatic rings. The molecule has 0 N–H and O–H groups in total. The summed E-state index contributed by atoms with van der Waals surface area (Å²) in [5.74, 6) is -2.85. The van der Waals surface area contributed by atoms with Gasteiger partial charge in [0.15, 0.2) is 0 Å². The first-order chi connectivity index (χ1) is 10.0. The summed E-state index contributed by atoms with van der Waals surface area (Å²) < 4.78 is 23.2. The van der Waals surface area contributed by atoms with Crippen LogP contribution in [0.25, 0.3) is 0 Å². The molecule has 114 valence electrons.